The molecule has 3 rings (SSSR count). The van der Waals surface area contributed by atoms with Crippen LogP contribution in [0.5, 0.6) is 5.75 Å². The summed E-state index contributed by atoms with van der Waals surface area (Å²) in [6.45, 7) is 2.97. The Balaban J connectivity index is 1.80. The minimum absolute atomic E-state index is 0.0143. The summed E-state index contributed by atoms with van der Waals surface area (Å²) in [5.41, 5.74) is 1.33. The van der Waals surface area contributed by atoms with Crippen LogP contribution >= 0.6 is 0 Å². The van der Waals surface area contributed by atoms with Crippen molar-refractivity contribution < 1.29 is 23.9 Å². The molecule has 2 aromatic rings. The minimum atomic E-state index is -1.19. The first kappa shape index (κ1) is 23.5. The molecule has 0 aromatic heterocycles. The van der Waals surface area contributed by atoms with Gasteiger partial charge in [-0.25, -0.2) is 0 Å². The Bertz CT molecular complexity index is 973. The van der Waals surface area contributed by atoms with E-state index in [1.807, 2.05) is 55.5 Å². The van der Waals surface area contributed by atoms with E-state index in [0.717, 1.165) is 22.4 Å². The summed E-state index contributed by atoms with van der Waals surface area (Å²) < 4.78 is 10.2. The fraction of sp³-hybridized carbons (Fsp3) is 0.400. The number of carbonyl (C=O) groups excluding carboxylic acids is 3. The Labute approximate surface area is 188 Å². The average Bonchev–Trinajstić information content (AvgIpc) is 3.03. The summed E-state index contributed by atoms with van der Waals surface area (Å²) >= 11 is 0. The first-order chi connectivity index (χ1) is 15.4. The smallest absolute Gasteiger partial charge is 0.240 e. The second kappa shape index (κ2) is 10.4. The second-order valence-corrected chi connectivity index (χ2v) is 8.07. The van der Waals surface area contributed by atoms with Crippen LogP contribution < -0.4 is 10.1 Å². The third-order valence-electron chi connectivity index (χ3n) is 5.91. The van der Waals surface area contributed by atoms with Gasteiger partial charge in [-0.3, -0.25) is 19.3 Å². The van der Waals surface area contributed by atoms with Crippen LogP contribution in [0.2, 0.25) is 0 Å². The molecule has 1 aliphatic heterocycles. The molecular formula is C25H30N2O5. The average molecular weight is 439 g/mol. The zero-order valence-electron chi connectivity index (χ0n) is 18.8. The summed E-state index contributed by atoms with van der Waals surface area (Å²) in [6, 6.07) is 14.9. The van der Waals surface area contributed by atoms with Crippen LogP contribution in [0.15, 0.2) is 48.5 Å². The molecule has 1 atom stereocenters. The zero-order valence-corrected chi connectivity index (χ0v) is 18.8. The van der Waals surface area contributed by atoms with Gasteiger partial charge in [-0.15, -0.1) is 0 Å². The number of rotatable bonds is 10. The third kappa shape index (κ3) is 4.99. The first-order valence-electron chi connectivity index (χ1n) is 10.7. The van der Waals surface area contributed by atoms with Gasteiger partial charge in [0.2, 0.25) is 17.7 Å². The second-order valence-electron chi connectivity index (χ2n) is 8.07. The molecule has 0 unspecified atom stereocenters. The Kier molecular flexibility index (Phi) is 7.64. The molecule has 1 saturated heterocycles. The Morgan fingerprint density at radius 2 is 1.81 bits per heavy atom. The van der Waals surface area contributed by atoms with Crippen molar-refractivity contribution in [3.8, 4) is 5.75 Å². The number of benzene rings is 2. The number of aryl methyl sites for hydroxylation is 1. The lowest BCUT2D eigenvalue weighted by Gasteiger charge is -2.28. The summed E-state index contributed by atoms with van der Waals surface area (Å²) in [4.78, 5) is 40.6. The van der Waals surface area contributed by atoms with Crippen LogP contribution in [-0.4, -0.2) is 50.0 Å². The predicted octanol–water partition coefficient (Wildman–Crippen LogP) is 2.74. The maximum absolute atomic E-state index is 13.5. The minimum Gasteiger partial charge on any atom is -0.497 e. The van der Waals surface area contributed by atoms with E-state index in [4.69, 9.17) is 9.47 Å². The van der Waals surface area contributed by atoms with Crippen LogP contribution in [0.1, 0.15) is 36.0 Å². The molecule has 1 fully saturated rings. The van der Waals surface area contributed by atoms with Crippen LogP contribution in [0.3, 0.4) is 0 Å². The van der Waals surface area contributed by atoms with Crippen molar-refractivity contribution >= 4 is 17.7 Å². The Morgan fingerprint density at radius 1 is 1.09 bits per heavy atom. The van der Waals surface area contributed by atoms with Crippen molar-refractivity contribution in [1.29, 1.82) is 0 Å². The lowest BCUT2D eigenvalue weighted by molar-refractivity contribution is -0.141. The van der Waals surface area contributed by atoms with E-state index in [2.05, 4.69) is 5.32 Å². The molecule has 3 amide bonds. The van der Waals surface area contributed by atoms with Gasteiger partial charge in [0.05, 0.1) is 12.5 Å². The fourth-order valence-corrected chi connectivity index (χ4v) is 4.23. The maximum Gasteiger partial charge on any atom is 0.240 e. The first-order valence-corrected chi connectivity index (χ1v) is 10.7. The van der Waals surface area contributed by atoms with E-state index in [-0.39, 0.29) is 37.1 Å². The molecule has 1 heterocycles. The van der Waals surface area contributed by atoms with Crippen molar-refractivity contribution in [3.63, 3.8) is 0 Å². The molecule has 7 nitrogen and oxygen atoms in total. The lowest BCUT2D eigenvalue weighted by atomic mass is 9.74. The predicted molar refractivity (Wildman–Crippen MR) is 120 cm³/mol. The van der Waals surface area contributed by atoms with Crippen LogP contribution in [0, 0.1) is 6.92 Å². The van der Waals surface area contributed by atoms with E-state index < -0.39 is 5.41 Å². The van der Waals surface area contributed by atoms with E-state index in [9.17, 15) is 14.4 Å². The van der Waals surface area contributed by atoms with Crippen molar-refractivity contribution in [2.24, 2.45) is 0 Å². The number of hydrogen-bond acceptors (Lipinski definition) is 5. The van der Waals surface area contributed by atoms with E-state index in [1.165, 1.54) is 4.90 Å². The quantitative estimate of drug-likeness (QED) is 0.455. The maximum atomic E-state index is 13.5. The SMILES string of the molecule is COCCCN1C(=O)C[C@@](CC(=O)NCc2ccc(OC)cc2)(c2ccccc2C)C1=O. The summed E-state index contributed by atoms with van der Waals surface area (Å²) in [6.07, 6.45) is 0.459. The summed E-state index contributed by atoms with van der Waals surface area (Å²) in [5.74, 6) is -0.101. The molecule has 0 spiro atoms. The Morgan fingerprint density at radius 3 is 2.47 bits per heavy atom. The topological polar surface area (TPSA) is 84.9 Å². The largest absolute Gasteiger partial charge is 0.497 e. The number of amides is 3. The highest BCUT2D eigenvalue weighted by molar-refractivity contribution is 6.10. The van der Waals surface area contributed by atoms with Gasteiger partial charge in [-0.05, 0) is 42.2 Å². The van der Waals surface area contributed by atoms with Gasteiger partial charge in [-0.1, -0.05) is 36.4 Å². The van der Waals surface area contributed by atoms with Crippen molar-refractivity contribution in [2.45, 2.75) is 38.1 Å². The molecule has 32 heavy (non-hydrogen) atoms. The summed E-state index contributed by atoms with van der Waals surface area (Å²) in [7, 11) is 3.18. The number of carbonyl (C=O) groups is 3. The van der Waals surface area contributed by atoms with Crippen molar-refractivity contribution in [1.82, 2.24) is 10.2 Å². The lowest BCUT2D eigenvalue weighted by Crippen LogP contribution is -2.43. The molecule has 1 aliphatic rings. The molecule has 1 N–H and O–H groups in total. The van der Waals surface area contributed by atoms with Gasteiger partial charge < -0.3 is 14.8 Å². The number of likely N-dealkylation sites (tertiary alicyclic amines) is 1. The number of nitrogens with one attached hydrogen (secondary N) is 1. The van der Waals surface area contributed by atoms with Gasteiger partial charge in [0.1, 0.15) is 5.75 Å². The van der Waals surface area contributed by atoms with Gasteiger partial charge in [0.25, 0.3) is 0 Å². The van der Waals surface area contributed by atoms with Crippen LogP contribution in [-0.2, 0) is 31.1 Å². The fourth-order valence-electron chi connectivity index (χ4n) is 4.23. The highest BCUT2D eigenvalue weighted by atomic mass is 16.5. The van der Waals surface area contributed by atoms with E-state index >= 15 is 0 Å². The molecular weight excluding hydrogens is 408 g/mol. The van der Waals surface area contributed by atoms with E-state index in [0.29, 0.717) is 19.6 Å². The van der Waals surface area contributed by atoms with Gasteiger partial charge in [-0.2, -0.15) is 0 Å². The Hall–Kier alpha value is -3.19. The van der Waals surface area contributed by atoms with Gasteiger partial charge >= 0.3 is 0 Å². The third-order valence-corrected chi connectivity index (χ3v) is 5.91. The standard InChI is InChI=1S/C25H30N2O5/c1-18-7-4-5-8-21(18)25(16-23(29)27(24(25)30)13-6-14-31-2)15-22(28)26-17-19-9-11-20(32-3)12-10-19/h4-5,7-12H,6,13-17H2,1-3H3,(H,26,28)/t25-/m0/s1. The molecule has 0 saturated carbocycles. The highest BCUT2D eigenvalue weighted by Gasteiger charge is 2.53. The van der Waals surface area contributed by atoms with Gasteiger partial charge in [0, 0.05) is 39.6 Å². The normalized spacial score (nSPS) is 18.2. The molecule has 0 aliphatic carbocycles. The molecule has 7 heteroatoms. The zero-order chi connectivity index (χ0) is 23.1. The number of imide groups is 1. The van der Waals surface area contributed by atoms with Crippen LogP contribution in [0.4, 0.5) is 0 Å². The number of methoxy groups -OCH3 is 2. The van der Waals surface area contributed by atoms with Crippen molar-refractivity contribution in [3.05, 3.63) is 65.2 Å². The summed E-state index contributed by atoms with van der Waals surface area (Å²) in [5, 5.41) is 2.90. The number of hydrogen-bond donors (Lipinski definition) is 1. The molecule has 0 bridgehead atoms. The molecule has 2 aromatic carbocycles. The van der Waals surface area contributed by atoms with E-state index in [1.54, 1.807) is 14.2 Å². The van der Waals surface area contributed by atoms with Gasteiger partial charge in [0.15, 0.2) is 0 Å². The number of ether oxygens (including phenoxy) is 2. The number of nitrogens with zero attached hydrogens (tertiary/aromatic N) is 1. The molecule has 170 valence electrons. The highest BCUT2D eigenvalue weighted by Crippen LogP contribution is 2.41. The molecule has 0 radical (unpaired) electrons. The van der Waals surface area contributed by atoms with Crippen LogP contribution in [0.25, 0.3) is 0 Å². The monoisotopic (exact) mass is 438 g/mol. The van der Waals surface area contributed by atoms with Crippen molar-refractivity contribution in [2.75, 3.05) is 27.4 Å².